The number of aryl methyl sites for hydroxylation is 2. The number of nitrogens with one attached hydrogen (secondary N) is 2. The Bertz CT molecular complexity index is 649. The highest BCUT2D eigenvalue weighted by molar-refractivity contribution is 5.87. The van der Waals surface area contributed by atoms with E-state index in [1.165, 1.54) is 0 Å². The molecule has 1 heterocycles. The molecule has 0 saturated carbocycles. The lowest BCUT2D eigenvalue weighted by Crippen LogP contribution is -2.48. The third-order valence-electron chi connectivity index (χ3n) is 3.23. The number of halogens is 3. The fraction of sp³-hybridized carbons (Fsp3) is 0.333. The summed E-state index contributed by atoms with van der Waals surface area (Å²) < 4.78 is 44.4. The molecule has 1 aromatic heterocycles. The van der Waals surface area contributed by atoms with E-state index in [0.29, 0.717) is 17.0 Å². The van der Waals surface area contributed by atoms with Crippen molar-refractivity contribution in [3.63, 3.8) is 0 Å². The van der Waals surface area contributed by atoms with E-state index < -0.39 is 18.2 Å². The largest absolute Gasteiger partial charge is 0.428 e. The first-order valence-corrected chi connectivity index (χ1v) is 6.88. The number of amides is 2. The topological polar surface area (TPSA) is 67.2 Å². The third-order valence-corrected chi connectivity index (χ3v) is 3.23. The Morgan fingerprint density at radius 2 is 1.91 bits per heavy atom. The van der Waals surface area contributed by atoms with Crippen LogP contribution in [-0.2, 0) is 6.42 Å². The van der Waals surface area contributed by atoms with E-state index in [1.54, 1.807) is 44.2 Å². The molecule has 1 aromatic carbocycles. The number of carbonyl (C=O) groups is 1. The second-order valence-electron chi connectivity index (χ2n) is 5.04. The Kier molecular flexibility index (Phi) is 4.92. The lowest BCUT2D eigenvalue weighted by molar-refractivity contribution is -0.152. The summed E-state index contributed by atoms with van der Waals surface area (Å²) in [5.74, 6) is 0.483. The minimum Gasteiger partial charge on any atom is -0.428 e. The molecular formula is C15H16F3N3O2. The molecule has 124 valence electrons. The fourth-order valence-electron chi connectivity index (χ4n) is 1.92. The van der Waals surface area contributed by atoms with Gasteiger partial charge in [-0.3, -0.25) is 5.32 Å². The van der Waals surface area contributed by atoms with Crippen LogP contribution in [0.15, 0.2) is 34.7 Å². The van der Waals surface area contributed by atoms with Crippen LogP contribution < -0.4 is 10.6 Å². The summed E-state index contributed by atoms with van der Waals surface area (Å²) in [6, 6.07) is 4.95. The van der Waals surface area contributed by atoms with E-state index in [0.717, 1.165) is 0 Å². The molecule has 0 radical (unpaired) electrons. The highest BCUT2D eigenvalue weighted by Crippen LogP contribution is 2.23. The van der Waals surface area contributed by atoms with Crippen molar-refractivity contribution in [2.24, 2.45) is 0 Å². The second-order valence-corrected chi connectivity index (χ2v) is 5.04. The van der Waals surface area contributed by atoms with Gasteiger partial charge in [-0.05, 0) is 19.4 Å². The quantitative estimate of drug-likeness (QED) is 0.902. The summed E-state index contributed by atoms with van der Waals surface area (Å²) in [6.45, 7) is 3.30. The Balaban J connectivity index is 2.04. The number of urea groups is 1. The predicted molar refractivity (Wildman–Crippen MR) is 78.1 cm³/mol. The average Bonchev–Trinajstić information content (AvgIpc) is 2.76. The first-order valence-electron chi connectivity index (χ1n) is 6.88. The zero-order chi connectivity index (χ0) is 17.0. The molecule has 2 amide bonds. The molecule has 2 N–H and O–H groups in total. The summed E-state index contributed by atoms with van der Waals surface area (Å²) in [7, 11) is 0. The van der Waals surface area contributed by atoms with Crippen LogP contribution >= 0.6 is 0 Å². The summed E-state index contributed by atoms with van der Waals surface area (Å²) in [5.41, 5.74) is 1.02. The summed E-state index contributed by atoms with van der Waals surface area (Å²) >= 11 is 0. The molecule has 0 aliphatic heterocycles. The van der Waals surface area contributed by atoms with Gasteiger partial charge in [0.2, 0.25) is 0 Å². The van der Waals surface area contributed by atoms with Gasteiger partial charge >= 0.3 is 18.2 Å². The van der Waals surface area contributed by atoms with Gasteiger partial charge in [-0.25, -0.2) is 4.79 Å². The number of nitrogens with zero attached hydrogens (tertiary/aromatic N) is 1. The van der Waals surface area contributed by atoms with Crippen LogP contribution in [-0.4, -0.2) is 23.2 Å². The van der Waals surface area contributed by atoms with E-state index in [4.69, 9.17) is 4.42 Å². The van der Waals surface area contributed by atoms with Crippen molar-refractivity contribution < 1.29 is 22.4 Å². The Morgan fingerprint density at radius 1 is 1.26 bits per heavy atom. The lowest BCUT2D eigenvalue weighted by atomic mass is 10.1. The summed E-state index contributed by atoms with van der Waals surface area (Å²) in [6.07, 6.45) is -4.93. The van der Waals surface area contributed by atoms with Gasteiger partial charge in [0.05, 0.1) is 5.69 Å². The minimum atomic E-state index is -4.57. The minimum absolute atomic E-state index is 0.141. The zero-order valence-electron chi connectivity index (χ0n) is 12.6. The van der Waals surface area contributed by atoms with E-state index in [1.807, 2.05) is 5.32 Å². The smallest absolute Gasteiger partial charge is 0.408 e. The highest BCUT2D eigenvalue weighted by atomic mass is 19.4. The molecule has 0 unspecified atom stereocenters. The first-order chi connectivity index (χ1) is 10.8. The van der Waals surface area contributed by atoms with E-state index in [2.05, 4.69) is 10.3 Å². The van der Waals surface area contributed by atoms with Crippen LogP contribution in [0.1, 0.15) is 17.0 Å². The lowest BCUT2D eigenvalue weighted by Gasteiger charge is -2.21. The van der Waals surface area contributed by atoms with Crippen molar-refractivity contribution in [1.82, 2.24) is 10.3 Å². The van der Waals surface area contributed by atoms with Crippen molar-refractivity contribution in [1.29, 1.82) is 0 Å². The third kappa shape index (κ3) is 4.73. The van der Waals surface area contributed by atoms with Crippen LogP contribution in [0.4, 0.5) is 24.0 Å². The van der Waals surface area contributed by atoms with Gasteiger partial charge in [-0.15, -0.1) is 0 Å². The van der Waals surface area contributed by atoms with Crippen molar-refractivity contribution in [3.05, 3.63) is 47.3 Å². The Morgan fingerprint density at radius 3 is 2.43 bits per heavy atom. The van der Waals surface area contributed by atoms with Crippen LogP contribution in [0.2, 0.25) is 0 Å². The molecule has 0 aliphatic rings. The van der Waals surface area contributed by atoms with Crippen LogP contribution in [0.3, 0.4) is 0 Å². The molecule has 0 aliphatic carbocycles. The van der Waals surface area contributed by atoms with E-state index in [9.17, 15) is 18.0 Å². The molecule has 0 spiro atoms. The number of rotatable bonds is 4. The van der Waals surface area contributed by atoms with Gasteiger partial charge in [0.15, 0.2) is 0 Å². The number of carbonyl (C=O) groups excluding carboxylic acids is 1. The van der Waals surface area contributed by atoms with Crippen molar-refractivity contribution in [2.75, 3.05) is 5.32 Å². The average molecular weight is 327 g/mol. The number of benzene rings is 1. The van der Waals surface area contributed by atoms with Gasteiger partial charge in [-0.2, -0.15) is 18.2 Å². The molecule has 0 fully saturated rings. The van der Waals surface area contributed by atoms with Crippen LogP contribution in [0.5, 0.6) is 0 Å². The standard InChI is InChI=1S/C15H16F3N3O2/c1-9-10(2)23-14(19-9)21-13(22)20-12(15(16,17)18)8-11-6-4-3-5-7-11/h3-7,12H,8H2,1-2H3,(H2,19,20,21,22)/t12-/m0/s1. The molecule has 1 atom stereocenters. The SMILES string of the molecule is Cc1nc(NC(=O)N[C@@H](Cc2ccccc2)C(F)(F)F)oc1C. The van der Waals surface area contributed by atoms with Gasteiger partial charge in [0.25, 0.3) is 0 Å². The van der Waals surface area contributed by atoms with Gasteiger partial charge in [0.1, 0.15) is 11.8 Å². The normalized spacial score (nSPS) is 12.7. The van der Waals surface area contributed by atoms with Crippen molar-refractivity contribution >= 4 is 12.0 Å². The van der Waals surface area contributed by atoms with Gasteiger partial charge < -0.3 is 9.73 Å². The number of oxazole rings is 1. The zero-order valence-corrected chi connectivity index (χ0v) is 12.6. The Hall–Kier alpha value is -2.51. The number of alkyl halides is 3. The van der Waals surface area contributed by atoms with Crippen molar-refractivity contribution in [3.8, 4) is 0 Å². The number of aromatic nitrogens is 1. The number of anilines is 1. The monoisotopic (exact) mass is 327 g/mol. The number of hydrogen-bond donors (Lipinski definition) is 2. The van der Waals surface area contributed by atoms with Gasteiger partial charge in [0, 0.05) is 6.42 Å². The maximum Gasteiger partial charge on any atom is 0.408 e. The number of hydrogen-bond acceptors (Lipinski definition) is 3. The maximum absolute atomic E-state index is 13.1. The molecule has 8 heteroatoms. The first kappa shape index (κ1) is 16.9. The summed E-state index contributed by atoms with van der Waals surface area (Å²) in [4.78, 5) is 15.6. The second kappa shape index (κ2) is 6.72. The summed E-state index contributed by atoms with van der Waals surface area (Å²) in [5, 5.41) is 4.07. The fourth-order valence-corrected chi connectivity index (χ4v) is 1.92. The Labute approximate surface area is 130 Å². The highest BCUT2D eigenvalue weighted by Gasteiger charge is 2.40. The van der Waals surface area contributed by atoms with Crippen molar-refractivity contribution in [2.45, 2.75) is 32.5 Å². The van der Waals surface area contributed by atoms with Crippen LogP contribution in [0.25, 0.3) is 0 Å². The molecule has 0 saturated heterocycles. The molecule has 5 nitrogen and oxygen atoms in total. The van der Waals surface area contributed by atoms with E-state index in [-0.39, 0.29) is 12.4 Å². The molecule has 2 aromatic rings. The van der Waals surface area contributed by atoms with Gasteiger partial charge in [-0.1, -0.05) is 30.3 Å². The maximum atomic E-state index is 13.1. The van der Waals surface area contributed by atoms with Crippen LogP contribution in [0, 0.1) is 13.8 Å². The molecule has 23 heavy (non-hydrogen) atoms. The molecule has 2 rings (SSSR count). The van der Waals surface area contributed by atoms with E-state index >= 15 is 0 Å². The molecular weight excluding hydrogens is 311 g/mol. The predicted octanol–water partition coefficient (Wildman–Crippen LogP) is 3.59. The molecule has 0 bridgehead atoms.